The van der Waals surface area contributed by atoms with Gasteiger partial charge in [0.15, 0.2) is 0 Å². The van der Waals surface area contributed by atoms with Crippen LogP contribution in [0, 0.1) is 5.41 Å². The molecule has 15 heavy (non-hydrogen) atoms. The van der Waals surface area contributed by atoms with Crippen LogP contribution in [0.3, 0.4) is 0 Å². The van der Waals surface area contributed by atoms with E-state index in [1.807, 2.05) is 24.3 Å². The van der Waals surface area contributed by atoms with Gasteiger partial charge in [-0.15, -0.1) is 0 Å². The van der Waals surface area contributed by atoms with Crippen molar-refractivity contribution in [2.45, 2.75) is 25.2 Å². The highest BCUT2D eigenvalue weighted by molar-refractivity contribution is 6.12. The molecule has 0 aromatic heterocycles. The second kappa shape index (κ2) is 3.19. The molecule has 3 N–H and O–H groups in total. The zero-order chi connectivity index (χ0) is 11.1. The summed E-state index contributed by atoms with van der Waals surface area (Å²) in [6, 6.07) is 7.76. The van der Waals surface area contributed by atoms with Gasteiger partial charge in [-0.2, -0.15) is 0 Å². The molecule has 0 fully saturated rings. The van der Waals surface area contributed by atoms with Gasteiger partial charge in [0.05, 0.1) is 0 Å². The Morgan fingerprint density at radius 3 is 2.73 bits per heavy atom. The summed E-state index contributed by atoms with van der Waals surface area (Å²) in [5, 5.41) is 7.80. The van der Waals surface area contributed by atoms with Crippen molar-refractivity contribution >= 4 is 11.6 Å². The summed E-state index contributed by atoms with van der Waals surface area (Å²) in [4.78, 5) is 11.6. The van der Waals surface area contributed by atoms with Gasteiger partial charge in [-0.3, -0.25) is 4.79 Å². The maximum atomic E-state index is 11.6. The van der Waals surface area contributed by atoms with Crippen LogP contribution in [0.25, 0.3) is 0 Å². The fourth-order valence-corrected chi connectivity index (χ4v) is 2.44. The molecule has 1 amide bonds. The van der Waals surface area contributed by atoms with Crippen LogP contribution in [0.1, 0.15) is 24.5 Å². The molecule has 0 heterocycles. The zero-order valence-electron chi connectivity index (χ0n) is 8.71. The molecular weight excluding hydrogens is 188 g/mol. The third kappa shape index (κ3) is 1.19. The molecule has 1 aliphatic carbocycles. The van der Waals surface area contributed by atoms with Gasteiger partial charge in [0.2, 0.25) is 5.91 Å². The molecule has 0 radical (unpaired) electrons. The van der Waals surface area contributed by atoms with Gasteiger partial charge in [0.1, 0.15) is 5.41 Å². The lowest BCUT2D eigenvalue weighted by Crippen LogP contribution is -2.44. The van der Waals surface area contributed by atoms with E-state index in [4.69, 9.17) is 11.1 Å². The average Bonchev–Trinajstić information content (AvgIpc) is 2.57. The van der Waals surface area contributed by atoms with Crippen LogP contribution in [0.5, 0.6) is 0 Å². The molecule has 3 heteroatoms. The molecule has 0 spiro atoms. The van der Waals surface area contributed by atoms with Crippen molar-refractivity contribution in [2.75, 3.05) is 0 Å². The molecular formula is C12H14N2O. The molecule has 0 saturated heterocycles. The molecule has 0 saturated carbocycles. The number of nitrogens with two attached hydrogens (primary N) is 1. The summed E-state index contributed by atoms with van der Waals surface area (Å²) in [6.45, 7) is 1.66. The first-order valence-electron chi connectivity index (χ1n) is 5.03. The minimum absolute atomic E-state index is 0.347. The highest BCUT2D eigenvalue weighted by atomic mass is 16.1. The Kier molecular flexibility index (Phi) is 2.11. The van der Waals surface area contributed by atoms with Crippen LogP contribution < -0.4 is 5.73 Å². The quantitative estimate of drug-likeness (QED) is 0.699. The Labute approximate surface area is 88.8 Å². The van der Waals surface area contributed by atoms with Crippen LogP contribution in [0.2, 0.25) is 0 Å². The summed E-state index contributed by atoms with van der Waals surface area (Å²) >= 11 is 0. The molecule has 1 unspecified atom stereocenters. The molecule has 3 nitrogen and oxygen atoms in total. The van der Waals surface area contributed by atoms with Crippen LogP contribution in [0.15, 0.2) is 24.3 Å². The van der Waals surface area contributed by atoms with Crippen molar-refractivity contribution in [1.82, 2.24) is 0 Å². The van der Waals surface area contributed by atoms with Crippen molar-refractivity contribution in [1.29, 1.82) is 5.41 Å². The zero-order valence-corrected chi connectivity index (χ0v) is 8.71. The minimum Gasteiger partial charge on any atom is -0.369 e. The smallest absolute Gasteiger partial charge is 0.233 e. The number of carbonyl (C=O) groups is 1. The first-order valence-corrected chi connectivity index (χ1v) is 5.03. The van der Waals surface area contributed by atoms with Gasteiger partial charge in [-0.25, -0.2) is 0 Å². The van der Waals surface area contributed by atoms with E-state index in [1.165, 1.54) is 0 Å². The summed E-state index contributed by atoms with van der Waals surface area (Å²) in [5.41, 5.74) is 7.03. The number of hydrogen-bond acceptors (Lipinski definition) is 2. The van der Waals surface area contributed by atoms with E-state index in [2.05, 4.69) is 0 Å². The lowest BCUT2D eigenvalue weighted by atomic mass is 9.77. The molecule has 1 aromatic rings. The predicted molar refractivity (Wildman–Crippen MR) is 59.0 cm³/mol. The maximum absolute atomic E-state index is 11.6. The number of amides is 1. The normalized spacial score (nSPS) is 23.5. The molecule has 0 aliphatic heterocycles. The van der Waals surface area contributed by atoms with Crippen molar-refractivity contribution in [3.8, 4) is 0 Å². The molecule has 1 aliphatic rings. The topological polar surface area (TPSA) is 66.9 Å². The maximum Gasteiger partial charge on any atom is 0.233 e. The van der Waals surface area contributed by atoms with Gasteiger partial charge in [-0.05, 0) is 30.9 Å². The lowest BCUT2D eigenvalue weighted by molar-refractivity contribution is -0.121. The SMILES string of the molecule is CC(=N)C1(C(N)=O)CCc2ccccc21. The second-order valence-corrected chi connectivity index (χ2v) is 4.05. The molecule has 2 rings (SSSR count). The number of rotatable bonds is 2. The van der Waals surface area contributed by atoms with E-state index in [1.54, 1.807) is 6.92 Å². The minimum atomic E-state index is -0.851. The Morgan fingerprint density at radius 1 is 1.47 bits per heavy atom. The summed E-state index contributed by atoms with van der Waals surface area (Å²) in [7, 11) is 0. The van der Waals surface area contributed by atoms with Crippen molar-refractivity contribution in [3.05, 3.63) is 35.4 Å². The first-order chi connectivity index (χ1) is 7.09. The highest BCUT2D eigenvalue weighted by Gasteiger charge is 2.45. The first kappa shape index (κ1) is 9.90. The van der Waals surface area contributed by atoms with Gasteiger partial charge in [0, 0.05) is 5.71 Å². The standard InChI is InChI=1S/C12H14N2O/c1-8(13)12(11(14)15)7-6-9-4-2-3-5-10(9)12/h2-5,13H,6-7H2,1H3,(H2,14,15). The van der Waals surface area contributed by atoms with E-state index >= 15 is 0 Å². The summed E-state index contributed by atoms with van der Waals surface area (Å²) in [5.74, 6) is -0.403. The number of primary amides is 1. The number of fused-ring (bicyclic) bond motifs is 1. The van der Waals surface area contributed by atoms with Gasteiger partial charge in [-0.1, -0.05) is 24.3 Å². The Morgan fingerprint density at radius 2 is 2.13 bits per heavy atom. The Balaban J connectivity index is 2.64. The monoisotopic (exact) mass is 202 g/mol. The van der Waals surface area contributed by atoms with Crippen LogP contribution in [0.4, 0.5) is 0 Å². The van der Waals surface area contributed by atoms with Crippen molar-refractivity contribution < 1.29 is 4.79 Å². The highest BCUT2D eigenvalue weighted by Crippen LogP contribution is 2.39. The number of benzene rings is 1. The summed E-state index contributed by atoms with van der Waals surface area (Å²) < 4.78 is 0. The fourth-order valence-electron chi connectivity index (χ4n) is 2.44. The van der Waals surface area contributed by atoms with Crippen molar-refractivity contribution in [3.63, 3.8) is 0 Å². The predicted octanol–water partition coefficient (Wildman–Crippen LogP) is 1.40. The Bertz CT molecular complexity index is 423. The molecule has 1 aromatic carbocycles. The van der Waals surface area contributed by atoms with E-state index in [-0.39, 0.29) is 0 Å². The van der Waals surface area contributed by atoms with Gasteiger partial charge in [0.25, 0.3) is 0 Å². The van der Waals surface area contributed by atoms with Crippen LogP contribution >= 0.6 is 0 Å². The van der Waals surface area contributed by atoms with Gasteiger partial charge < -0.3 is 11.1 Å². The second-order valence-electron chi connectivity index (χ2n) is 4.05. The third-order valence-corrected chi connectivity index (χ3v) is 3.31. The van der Waals surface area contributed by atoms with Gasteiger partial charge >= 0.3 is 0 Å². The fraction of sp³-hybridized carbons (Fsp3) is 0.333. The van der Waals surface area contributed by atoms with Crippen LogP contribution in [-0.4, -0.2) is 11.6 Å². The van der Waals surface area contributed by atoms with E-state index in [0.29, 0.717) is 12.1 Å². The molecule has 78 valence electrons. The van der Waals surface area contributed by atoms with E-state index in [0.717, 1.165) is 17.5 Å². The number of nitrogens with one attached hydrogen (secondary N) is 1. The lowest BCUT2D eigenvalue weighted by Gasteiger charge is -2.25. The average molecular weight is 202 g/mol. The third-order valence-electron chi connectivity index (χ3n) is 3.31. The molecule has 0 bridgehead atoms. The van der Waals surface area contributed by atoms with Crippen LogP contribution in [-0.2, 0) is 16.6 Å². The Hall–Kier alpha value is -1.64. The molecule has 1 atom stereocenters. The largest absolute Gasteiger partial charge is 0.369 e. The number of aryl methyl sites for hydroxylation is 1. The van der Waals surface area contributed by atoms with E-state index < -0.39 is 11.3 Å². The summed E-state index contributed by atoms with van der Waals surface area (Å²) in [6.07, 6.45) is 1.46. The van der Waals surface area contributed by atoms with Crippen molar-refractivity contribution in [2.24, 2.45) is 5.73 Å². The number of carbonyl (C=O) groups excluding carboxylic acids is 1. The number of hydrogen-bond donors (Lipinski definition) is 2. The van der Waals surface area contributed by atoms with E-state index in [9.17, 15) is 4.79 Å².